The SMILES string of the molecule is CC(C)[Si]c1ccccc1[Si]C(C)C. The Balaban J connectivity index is 2.80. The second kappa shape index (κ2) is 5.51. The molecule has 0 amide bonds. The summed E-state index contributed by atoms with van der Waals surface area (Å²) in [6.45, 7) is 9.20. The molecule has 0 aliphatic heterocycles. The number of benzene rings is 1. The fourth-order valence-electron chi connectivity index (χ4n) is 1.36. The molecule has 0 atom stereocenters. The van der Waals surface area contributed by atoms with Crippen molar-refractivity contribution in [2.24, 2.45) is 0 Å². The van der Waals surface area contributed by atoms with E-state index in [1.807, 2.05) is 0 Å². The molecular formula is C12H18Si2. The van der Waals surface area contributed by atoms with E-state index in [-0.39, 0.29) is 0 Å². The molecule has 0 aromatic heterocycles. The Morgan fingerprint density at radius 2 is 1.14 bits per heavy atom. The van der Waals surface area contributed by atoms with Crippen LogP contribution >= 0.6 is 0 Å². The van der Waals surface area contributed by atoms with Crippen LogP contribution in [0, 0.1) is 0 Å². The van der Waals surface area contributed by atoms with Crippen LogP contribution in [-0.4, -0.2) is 19.0 Å². The number of rotatable bonds is 4. The molecule has 0 aliphatic rings. The lowest BCUT2D eigenvalue weighted by molar-refractivity contribution is 1.06. The highest BCUT2D eigenvalue weighted by Gasteiger charge is 2.07. The largest absolute Gasteiger partial charge is 0.0835 e. The summed E-state index contributed by atoms with van der Waals surface area (Å²) in [6.07, 6.45) is 0. The lowest BCUT2D eigenvalue weighted by Crippen LogP contribution is -2.37. The van der Waals surface area contributed by atoms with Crippen molar-refractivity contribution >= 4 is 29.4 Å². The lowest BCUT2D eigenvalue weighted by atomic mass is 10.4. The Morgan fingerprint density at radius 3 is 1.43 bits per heavy atom. The van der Waals surface area contributed by atoms with Crippen LogP contribution in [0.15, 0.2) is 24.3 Å². The molecule has 0 N–H and O–H groups in total. The van der Waals surface area contributed by atoms with Crippen molar-refractivity contribution in [3.63, 3.8) is 0 Å². The van der Waals surface area contributed by atoms with E-state index in [1.165, 1.54) is 0 Å². The van der Waals surface area contributed by atoms with Crippen LogP contribution in [0.5, 0.6) is 0 Å². The van der Waals surface area contributed by atoms with Gasteiger partial charge in [-0.15, -0.1) is 0 Å². The topological polar surface area (TPSA) is 0 Å². The van der Waals surface area contributed by atoms with Crippen molar-refractivity contribution in [1.29, 1.82) is 0 Å². The van der Waals surface area contributed by atoms with Gasteiger partial charge < -0.3 is 0 Å². The molecule has 0 fully saturated rings. The maximum Gasteiger partial charge on any atom is 0.0835 e. The van der Waals surface area contributed by atoms with Crippen molar-refractivity contribution in [1.82, 2.24) is 0 Å². The molecule has 1 rings (SSSR count). The van der Waals surface area contributed by atoms with Gasteiger partial charge in [0, 0.05) is 0 Å². The van der Waals surface area contributed by atoms with Crippen LogP contribution < -0.4 is 10.4 Å². The van der Waals surface area contributed by atoms with Crippen molar-refractivity contribution < 1.29 is 0 Å². The monoisotopic (exact) mass is 218 g/mol. The summed E-state index contributed by atoms with van der Waals surface area (Å²) in [5.74, 6) is 0. The highest BCUT2D eigenvalue weighted by atomic mass is 28.2. The van der Waals surface area contributed by atoms with Crippen molar-refractivity contribution in [3.05, 3.63) is 24.3 Å². The third kappa shape index (κ3) is 3.80. The van der Waals surface area contributed by atoms with Gasteiger partial charge in [-0.25, -0.2) is 0 Å². The summed E-state index contributed by atoms with van der Waals surface area (Å²) in [7, 11) is 1.93. The first kappa shape index (κ1) is 11.7. The quantitative estimate of drug-likeness (QED) is 0.678. The summed E-state index contributed by atoms with van der Waals surface area (Å²) in [4.78, 5) is 0. The average Bonchev–Trinajstić information content (AvgIpc) is 2.06. The maximum atomic E-state index is 2.30. The normalized spacial score (nSPS) is 11.3. The van der Waals surface area contributed by atoms with E-state index in [4.69, 9.17) is 0 Å². The molecule has 0 nitrogen and oxygen atoms in total. The maximum absolute atomic E-state index is 2.30. The Labute approximate surface area is 92.8 Å². The van der Waals surface area contributed by atoms with Crippen LogP contribution in [0.3, 0.4) is 0 Å². The molecule has 0 heterocycles. The average molecular weight is 218 g/mol. The molecule has 0 bridgehead atoms. The second-order valence-corrected chi connectivity index (χ2v) is 8.11. The zero-order chi connectivity index (χ0) is 10.6. The van der Waals surface area contributed by atoms with Gasteiger partial charge in [0.2, 0.25) is 0 Å². The molecule has 0 saturated carbocycles. The van der Waals surface area contributed by atoms with Crippen LogP contribution in [-0.2, 0) is 0 Å². The van der Waals surface area contributed by atoms with Crippen molar-refractivity contribution in [2.75, 3.05) is 0 Å². The first-order chi connectivity index (χ1) is 6.59. The molecule has 1 aromatic carbocycles. The standard InChI is InChI=1S/C12H18Si2/c1-9(2)13-11-7-5-6-8-12(11)14-10(3)4/h5-10H,1-4H3. The van der Waals surface area contributed by atoms with E-state index >= 15 is 0 Å². The predicted octanol–water partition coefficient (Wildman–Crippen LogP) is 2.00. The van der Waals surface area contributed by atoms with Gasteiger partial charge >= 0.3 is 0 Å². The highest BCUT2D eigenvalue weighted by Crippen LogP contribution is 1.99. The molecule has 0 unspecified atom stereocenters. The smallest absolute Gasteiger partial charge is 0.0653 e. The fourth-order valence-corrected chi connectivity index (χ4v) is 3.90. The second-order valence-electron chi connectivity index (χ2n) is 4.14. The lowest BCUT2D eigenvalue weighted by Gasteiger charge is -2.11. The van der Waals surface area contributed by atoms with Gasteiger partial charge in [-0.05, 0) is 0 Å². The summed E-state index contributed by atoms with van der Waals surface area (Å²) in [6, 6.07) is 8.92. The molecule has 14 heavy (non-hydrogen) atoms. The molecule has 2 heteroatoms. The van der Waals surface area contributed by atoms with Gasteiger partial charge in [0.15, 0.2) is 0 Å². The fraction of sp³-hybridized carbons (Fsp3) is 0.500. The Kier molecular flexibility index (Phi) is 4.62. The van der Waals surface area contributed by atoms with Gasteiger partial charge in [-0.3, -0.25) is 0 Å². The van der Waals surface area contributed by atoms with Crippen LogP contribution in [0.25, 0.3) is 0 Å². The van der Waals surface area contributed by atoms with Crippen LogP contribution in [0.1, 0.15) is 27.7 Å². The van der Waals surface area contributed by atoms with E-state index < -0.39 is 0 Å². The molecular weight excluding hydrogens is 200 g/mol. The summed E-state index contributed by atoms with van der Waals surface area (Å²) in [5.41, 5.74) is 1.57. The molecule has 74 valence electrons. The first-order valence-corrected chi connectivity index (χ1v) is 7.37. The zero-order valence-electron chi connectivity index (χ0n) is 9.46. The summed E-state index contributed by atoms with van der Waals surface area (Å²) >= 11 is 0. The Hall–Kier alpha value is -0.346. The Morgan fingerprint density at radius 1 is 0.786 bits per heavy atom. The van der Waals surface area contributed by atoms with Crippen LogP contribution in [0.2, 0.25) is 11.1 Å². The Bertz CT molecular complexity index is 250. The van der Waals surface area contributed by atoms with E-state index in [1.54, 1.807) is 10.4 Å². The van der Waals surface area contributed by atoms with E-state index in [2.05, 4.69) is 52.0 Å². The van der Waals surface area contributed by atoms with Gasteiger partial charge in [-0.2, -0.15) is 0 Å². The third-order valence-electron chi connectivity index (χ3n) is 1.82. The predicted molar refractivity (Wildman–Crippen MR) is 67.4 cm³/mol. The molecule has 0 spiro atoms. The van der Waals surface area contributed by atoms with Gasteiger partial charge in [-0.1, -0.05) is 73.4 Å². The highest BCUT2D eigenvalue weighted by molar-refractivity contribution is 6.67. The minimum absolute atomic E-state index is 0.785. The minimum atomic E-state index is 0.785. The summed E-state index contributed by atoms with van der Waals surface area (Å²) < 4.78 is 0. The van der Waals surface area contributed by atoms with Crippen LogP contribution in [0.4, 0.5) is 0 Å². The third-order valence-corrected chi connectivity index (χ3v) is 4.71. The van der Waals surface area contributed by atoms with Gasteiger partial charge in [0.1, 0.15) is 0 Å². The minimum Gasteiger partial charge on any atom is -0.0653 e. The van der Waals surface area contributed by atoms with E-state index in [0.29, 0.717) is 0 Å². The summed E-state index contributed by atoms with van der Waals surface area (Å²) in [5, 5.41) is 3.16. The molecule has 0 saturated heterocycles. The van der Waals surface area contributed by atoms with Crippen molar-refractivity contribution in [3.8, 4) is 0 Å². The molecule has 1 aromatic rings. The number of hydrogen-bond acceptors (Lipinski definition) is 0. The first-order valence-electron chi connectivity index (χ1n) is 5.21. The zero-order valence-corrected chi connectivity index (χ0v) is 11.5. The number of hydrogen-bond donors (Lipinski definition) is 0. The molecule has 0 aliphatic carbocycles. The van der Waals surface area contributed by atoms with Gasteiger partial charge in [0.05, 0.1) is 19.0 Å². The molecule has 4 radical (unpaired) electrons. The van der Waals surface area contributed by atoms with Gasteiger partial charge in [0.25, 0.3) is 0 Å². The van der Waals surface area contributed by atoms with E-state index in [9.17, 15) is 0 Å². The van der Waals surface area contributed by atoms with Crippen molar-refractivity contribution in [2.45, 2.75) is 38.8 Å². The van der Waals surface area contributed by atoms with E-state index in [0.717, 1.165) is 30.1 Å².